The van der Waals surface area contributed by atoms with Gasteiger partial charge in [0.05, 0.1) is 0 Å². The maximum Gasteiger partial charge on any atom is 0.0102 e. The third-order valence-electron chi connectivity index (χ3n) is 4.48. The molecule has 0 aromatic heterocycles. The number of nitrogens with two attached hydrogens (primary N) is 1. The molecule has 2 nitrogen and oxygen atoms in total. The number of piperidine rings is 1. The fourth-order valence-corrected chi connectivity index (χ4v) is 3.48. The summed E-state index contributed by atoms with van der Waals surface area (Å²) in [4.78, 5) is 2.82. The van der Waals surface area contributed by atoms with Gasteiger partial charge in [-0.3, -0.25) is 4.90 Å². The van der Waals surface area contributed by atoms with Crippen LogP contribution in [0.15, 0.2) is 0 Å². The zero-order valence-electron chi connectivity index (χ0n) is 8.99. The van der Waals surface area contributed by atoms with Crippen molar-refractivity contribution in [3.63, 3.8) is 0 Å². The van der Waals surface area contributed by atoms with E-state index >= 15 is 0 Å². The summed E-state index contributed by atoms with van der Waals surface area (Å²) in [5.74, 6) is 1.90. The molecule has 0 aromatic carbocycles. The maximum absolute atomic E-state index is 5.80. The van der Waals surface area contributed by atoms with Crippen molar-refractivity contribution in [1.29, 1.82) is 0 Å². The molecular weight excluding hydrogens is 172 g/mol. The smallest absolute Gasteiger partial charge is 0.0102 e. The minimum atomic E-state index is 0.836. The zero-order chi connectivity index (χ0) is 9.54. The molecule has 1 saturated carbocycles. The van der Waals surface area contributed by atoms with Crippen molar-refractivity contribution < 1.29 is 0 Å². The maximum atomic E-state index is 5.80. The van der Waals surface area contributed by atoms with Crippen molar-refractivity contribution in [3.8, 4) is 0 Å². The average Bonchev–Trinajstić information content (AvgIpc) is 2.95. The predicted molar refractivity (Wildman–Crippen MR) is 58.0 cm³/mol. The second-order valence-corrected chi connectivity index (χ2v) is 5.60. The number of rotatable bonds is 3. The Morgan fingerprint density at radius 1 is 0.929 bits per heavy atom. The predicted octanol–water partition coefficient (Wildman–Crippen LogP) is 1.60. The first-order valence-corrected chi connectivity index (χ1v) is 6.32. The van der Waals surface area contributed by atoms with Crippen LogP contribution in [-0.4, -0.2) is 30.1 Å². The molecular formula is C12H22N2. The molecule has 80 valence electrons. The number of nitrogens with zero attached hydrogens (tertiary/aromatic N) is 1. The van der Waals surface area contributed by atoms with Crippen LogP contribution in [0, 0.1) is 11.8 Å². The highest BCUT2D eigenvalue weighted by molar-refractivity contribution is 4.97. The Hall–Kier alpha value is -0.0800. The van der Waals surface area contributed by atoms with E-state index in [4.69, 9.17) is 5.73 Å². The molecule has 2 aliphatic heterocycles. The monoisotopic (exact) mass is 194 g/mol. The van der Waals surface area contributed by atoms with Crippen molar-refractivity contribution >= 4 is 0 Å². The van der Waals surface area contributed by atoms with Crippen LogP contribution in [0.3, 0.4) is 0 Å². The SMILES string of the molecule is NCC1C[C@H]2CC[C@H](C1)N2CC1CC1. The second kappa shape index (κ2) is 3.49. The minimum absolute atomic E-state index is 0.836. The summed E-state index contributed by atoms with van der Waals surface area (Å²) in [6, 6.07) is 1.81. The fourth-order valence-electron chi connectivity index (χ4n) is 3.48. The Bertz CT molecular complexity index is 198. The van der Waals surface area contributed by atoms with Crippen LogP contribution >= 0.6 is 0 Å². The normalized spacial score (nSPS) is 43.1. The van der Waals surface area contributed by atoms with E-state index in [0.29, 0.717) is 0 Å². The van der Waals surface area contributed by atoms with Crippen molar-refractivity contribution in [2.75, 3.05) is 13.1 Å². The lowest BCUT2D eigenvalue weighted by Gasteiger charge is -2.38. The summed E-state index contributed by atoms with van der Waals surface area (Å²) in [5, 5.41) is 0. The molecule has 14 heavy (non-hydrogen) atoms. The first-order valence-electron chi connectivity index (χ1n) is 6.32. The van der Waals surface area contributed by atoms with Crippen LogP contribution in [0.25, 0.3) is 0 Å². The third-order valence-corrected chi connectivity index (χ3v) is 4.48. The average molecular weight is 194 g/mol. The van der Waals surface area contributed by atoms with Gasteiger partial charge < -0.3 is 5.73 Å². The van der Waals surface area contributed by atoms with Gasteiger partial charge in [0.2, 0.25) is 0 Å². The summed E-state index contributed by atoms with van der Waals surface area (Å²) < 4.78 is 0. The lowest BCUT2D eigenvalue weighted by atomic mass is 9.90. The number of hydrogen-bond donors (Lipinski definition) is 1. The molecule has 0 amide bonds. The van der Waals surface area contributed by atoms with Gasteiger partial charge in [-0.15, -0.1) is 0 Å². The minimum Gasteiger partial charge on any atom is -0.330 e. The van der Waals surface area contributed by atoms with Gasteiger partial charge in [0.25, 0.3) is 0 Å². The highest BCUT2D eigenvalue weighted by atomic mass is 15.2. The van der Waals surface area contributed by atoms with Crippen LogP contribution in [0.5, 0.6) is 0 Å². The molecule has 1 aliphatic carbocycles. The van der Waals surface area contributed by atoms with Gasteiger partial charge in [0, 0.05) is 18.6 Å². The lowest BCUT2D eigenvalue weighted by molar-refractivity contribution is 0.101. The number of hydrogen-bond acceptors (Lipinski definition) is 2. The summed E-state index contributed by atoms with van der Waals surface area (Å²) >= 11 is 0. The Morgan fingerprint density at radius 3 is 2.07 bits per heavy atom. The Labute approximate surface area is 86.8 Å². The van der Waals surface area contributed by atoms with Crippen molar-refractivity contribution in [2.45, 2.75) is 50.6 Å². The standard InChI is InChI=1S/C12H22N2/c13-7-10-5-11-3-4-12(6-10)14(11)8-9-1-2-9/h9-12H,1-8,13H2/t11-,12-/m1/s1. The van der Waals surface area contributed by atoms with Crippen LogP contribution in [0.4, 0.5) is 0 Å². The third kappa shape index (κ3) is 1.59. The molecule has 2 heterocycles. The topological polar surface area (TPSA) is 29.3 Å². The van der Waals surface area contributed by atoms with E-state index in [-0.39, 0.29) is 0 Å². The van der Waals surface area contributed by atoms with Crippen LogP contribution in [0.1, 0.15) is 38.5 Å². The van der Waals surface area contributed by atoms with Gasteiger partial charge in [0.15, 0.2) is 0 Å². The van der Waals surface area contributed by atoms with E-state index in [1.54, 1.807) is 0 Å². The van der Waals surface area contributed by atoms with Crippen LogP contribution in [0.2, 0.25) is 0 Å². The molecule has 3 rings (SSSR count). The van der Waals surface area contributed by atoms with Gasteiger partial charge in [-0.2, -0.15) is 0 Å². The molecule has 3 fully saturated rings. The molecule has 2 bridgehead atoms. The molecule has 2 N–H and O–H groups in total. The first kappa shape index (κ1) is 9.17. The molecule has 3 aliphatic rings. The fraction of sp³-hybridized carbons (Fsp3) is 1.00. The van der Waals surface area contributed by atoms with E-state index in [1.807, 2.05) is 0 Å². The summed E-state index contributed by atoms with van der Waals surface area (Å²) in [5.41, 5.74) is 5.80. The van der Waals surface area contributed by atoms with Gasteiger partial charge in [-0.25, -0.2) is 0 Å². The molecule has 2 atom stereocenters. The Kier molecular flexibility index (Phi) is 2.29. The van der Waals surface area contributed by atoms with Gasteiger partial charge in [-0.05, 0) is 56.9 Å². The molecule has 0 spiro atoms. The first-order chi connectivity index (χ1) is 6.86. The Balaban J connectivity index is 1.64. The van der Waals surface area contributed by atoms with E-state index in [9.17, 15) is 0 Å². The largest absolute Gasteiger partial charge is 0.330 e. The molecule has 0 radical (unpaired) electrons. The van der Waals surface area contributed by atoms with Crippen molar-refractivity contribution in [1.82, 2.24) is 4.90 Å². The number of fused-ring (bicyclic) bond motifs is 2. The van der Waals surface area contributed by atoms with Crippen LogP contribution in [-0.2, 0) is 0 Å². The van der Waals surface area contributed by atoms with E-state index in [1.165, 1.54) is 45.1 Å². The van der Waals surface area contributed by atoms with Crippen molar-refractivity contribution in [3.05, 3.63) is 0 Å². The molecule has 0 unspecified atom stereocenters. The zero-order valence-corrected chi connectivity index (χ0v) is 8.99. The van der Waals surface area contributed by atoms with E-state index < -0.39 is 0 Å². The summed E-state index contributed by atoms with van der Waals surface area (Å²) in [6.07, 6.45) is 8.67. The molecule has 2 heteroatoms. The van der Waals surface area contributed by atoms with E-state index in [0.717, 1.165) is 30.5 Å². The summed E-state index contributed by atoms with van der Waals surface area (Å²) in [6.45, 7) is 2.33. The summed E-state index contributed by atoms with van der Waals surface area (Å²) in [7, 11) is 0. The van der Waals surface area contributed by atoms with Gasteiger partial charge >= 0.3 is 0 Å². The van der Waals surface area contributed by atoms with Crippen LogP contribution < -0.4 is 5.73 Å². The lowest BCUT2D eigenvalue weighted by Crippen LogP contribution is -2.45. The highest BCUT2D eigenvalue weighted by Gasteiger charge is 2.41. The quantitative estimate of drug-likeness (QED) is 0.739. The molecule has 2 saturated heterocycles. The second-order valence-electron chi connectivity index (χ2n) is 5.60. The van der Waals surface area contributed by atoms with Gasteiger partial charge in [-0.1, -0.05) is 0 Å². The van der Waals surface area contributed by atoms with Gasteiger partial charge in [0.1, 0.15) is 0 Å². The van der Waals surface area contributed by atoms with Crippen molar-refractivity contribution in [2.24, 2.45) is 17.6 Å². The Morgan fingerprint density at radius 2 is 1.57 bits per heavy atom. The highest BCUT2D eigenvalue weighted by Crippen LogP contribution is 2.41. The van der Waals surface area contributed by atoms with E-state index in [2.05, 4.69) is 4.90 Å². The molecule has 0 aromatic rings.